The van der Waals surface area contributed by atoms with Gasteiger partial charge >= 0.3 is 0 Å². The summed E-state index contributed by atoms with van der Waals surface area (Å²) in [4.78, 5) is 0. The Bertz CT molecular complexity index is 546. The van der Waals surface area contributed by atoms with Crippen molar-refractivity contribution in [1.29, 1.82) is 0 Å². The predicted molar refractivity (Wildman–Crippen MR) is 75.7 cm³/mol. The van der Waals surface area contributed by atoms with Gasteiger partial charge in [0.25, 0.3) is 0 Å². The highest BCUT2D eigenvalue weighted by Gasteiger charge is 2.08. The van der Waals surface area contributed by atoms with E-state index in [1.54, 1.807) is 11.8 Å². The van der Waals surface area contributed by atoms with Crippen LogP contribution in [0.3, 0.4) is 0 Å². The Labute approximate surface area is 112 Å². The number of hydrogen-bond donors (Lipinski definition) is 0. The molecule has 0 saturated heterocycles. The van der Waals surface area contributed by atoms with Crippen molar-refractivity contribution in [2.75, 3.05) is 0 Å². The van der Waals surface area contributed by atoms with Gasteiger partial charge in [-0.2, -0.15) is 0 Å². The second-order valence-corrected chi connectivity index (χ2v) is 5.15. The molecule has 4 heteroatoms. The second-order valence-electron chi connectivity index (χ2n) is 4.21. The van der Waals surface area contributed by atoms with E-state index in [1.165, 1.54) is 11.1 Å². The molecule has 2 aromatic rings. The van der Waals surface area contributed by atoms with Gasteiger partial charge in [-0.25, -0.2) is 0 Å². The van der Waals surface area contributed by atoms with Gasteiger partial charge in [-0.05, 0) is 19.4 Å². The van der Waals surface area contributed by atoms with Crippen molar-refractivity contribution >= 4 is 11.8 Å². The van der Waals surface area contributed by atoms with E-state index in [0.29, 0.717) is 0 Å². The molecule has 1 heterocycles. The zero-order valence-corrected chi connectivity index (χ0v) is 11.6. The lowest BCUT2D eigenvalue weighted by Gasteiger charge is -2.05. The van der Waals surface area contributed by atoms with Gasteiger partial charge in [0, 0.05) is 12.3 Å². The first kappa shape index (κ1) is 12.9. The molecule has 0 fully saturated rings. The third kappa shape index (κ3) is 3.01. The van der Waals surface area contributed by atoms with Crippen LogP contribution < -0.4 is 0 Å². The number of rotatable bonds is 5. The first-order valence-corrected chi connectivity index (χ1v) is 6.88. The van der Waals surface area contributed by atoms with Crippen LogP contribution in [0.1, 0.15) is 17.0 Å². The number of benzene rings is 1. The molecule has 0 N–H and O–H groups in total. The molecule has 3 nitrogen and oxygen atoms in total. The molecule has 0 unspecified atom stereocenters. The van der Waals surface area contributed by atoms with Crippen LogP contribution in [0.4, 0.5) is 0 Å². The number of nitrogens with zero attached hydrogens (tertiary/aromatic N) is 3. The standard InChI is InChI=1S/C14H17N3S/c1-4-8-17-12(3)15-16-14(17)18-10-13-7-5-6-11(2)9-13/h4-7,9H,1,8,10H2,2-3H3. The number of aromatic nitrogens is 3. The average molecular weight is 259 g/mol. The first-order chi connectivity index (χ1) is 8.70. The van der Waals surface area contributed by atoms with E-state index in [9.17, 15) is 0 Å². The summed E-state index contributed by atoms with van der Waals surface area (Å²) in [5, 5.41) is 9.26. The van der Waals surface area contributed by atoms with Gasteiger partial charge in [-0.3, -0.25) is 0 Å². The number of allylic oxidation sites excluding steroid dienone is 1. The summed E-state index contributed by atoms with van der Waals surface area (Å²) in [7, 11) is 0. The molecule has 0 bridgehead atoms. The zero-order chi connectivity index (χ0) is 13.0. The van der Waals surface area contributed by atoms with Gasteiger partial charge in [-0.1, -0.05) is 47.7 Å². The highest BCUT2D eigenvalue weighted by atomic mass is 32.2. The normalized spacial score (nSPS) is 10.6. The molecule has 0 saturated carbocycles. The summed E-state index contributed by atoms with van der Waals surface area (Å²) < 4.78 is 2.08. The second kappa shape index (κ2) is 5.87. The van der Waals surface area contributed by atoms with Crippen molar-refractivity contribution in [2.45, 2.75) is 31.3 Å². The van der Waals surface area contributed by atoms with Crippen molar-refractivity contribution in [2.24, 2.45) is 0 Å². The smallest absolute Gasteiger partial charge is 0.191 e. The monoisotopic (exact) mass is 259 g/mol. The molecule has 0 spiro atoms. The van der Waals surface area contributed by atoms with E-state index in [-0.39, 0.29) is 0 Å². The maximum Gasteiger partial charge on any atom is 0.191 e. The number of hydrogen-bond acceptors (Lipinski definition) is 3. The molecular formula is C14H17N3S. The highest BCUT2D eigenvalue weighted by Crippen LogP contribution is 2.22. The predicted octanol–water partition coefficient (Wildman–Crippen LogP) is 3.37. The summed E-state index contributed by atoms with van der Waals surface area (Å²) in [6.45, 7) is 8.60. The lowest BCUT2D eigenvalue weighted by Crippen LogP contribution is -2.00. The highest BCUT2D eigenvalue weighted by molar-refractivity contribution is 7.98. The average Bonchev–Trinajstić information content (AvgIpc) is 2.69. The lowest BCUT2D eigenvalue weighted by molar-refractivity contribution is 0.703. The molecule has 2 rings (SSSR count). The van der Waals surface area contributed by atoms with Crippen molar-refractivity contribution < 1.29 is 0 Å². The van der Waals surface area contributed by atoms with Crippen LogP contribution in [0.15, 0.2) is 42.1 Å². The Hall–Kier alpha value is -1.55. The van der Waals surface area contributed by atoms with Crippen LogP contribution in [0.25, 0.3) is 0 Å². The molecule has 0 radical (unpaired) electrons. The molecule has 0 aliphatic heterocycles. The summed E-state index contributed by atoms with van der Waals surface area (Å²) >= 11 is 1.71. The summed E-state index contributed by atoms with van der Waals surface area (Å²) in [5.41, 5.74) is 2.60. The maximum absolute atomic E-state index is 4.20. The van der Waals surface area contributed by atoms with E-state index >= 15 is 0 Å². The quantitative estimate of drug-likeness (QED) is 0.609. The third-order valence-electron chi connectivity index (χ3n) is 2.66. The molecule has 0 aliphatic carbocycles. The van der Waals surface area contributed by atoms with E-state index in [1.807, 2.05) is 13.0 Å². The van der Waals surface area contributed by atoms with Gasteiger partial charge in [0.2, 0.25) is 0 Å². The fraction of sp³-hybridized carbons (Fsp3) is 0.286. The largest absolute Gasteiger partial charge is 0.302 e. The van der Waals surface area contributed by atoms with E-state index in [2.05, 4.69) is 52.5 Å². The lowest BCUT2D eigenvalue weighted by atomic mass is 10.2. The summed E-state index contributed by atoms with van der Waals surface area (Å²) in [5.74, 6) is 1.85. The molecule has 18 heavy (non-hydrogen) atoms. The Morgan fingerprint density at radius 2 is 2.17 bits per heavy atom. The zero-order valence-electron chi connectivity index (χ0n) is 10.8. The van der Waals surface area contributed by atoms with Gasteiger partial charge in [0.1, 0.15) is 5.82 Å². The topological polar surface area (TPSA) is 30.7 Å². The van der Waals surface area contributed by atoms with Crippen LogP contribution in [0.2, 0.25) is 0 Å². The molecule has 1 aromatic heterocycles. The third-order valence-corrected chi connectivity index (χ3v) is 3.70. The number of thioether (sulfide) groups is 1. The van der Waals surface area contributed by atoms with Gasteiger partial charge in [0.15, 0.2) is 5.16 Å². The first-order valence-electron chi connectivity index (χ1n) is 5.89. The number of aryl methyl sites for hydroxylation is 2. The van der Waals surface area contributed by atoms with Gasteiger partial charge in [-0.15, -0.1) is 16.8 Å². The Morgan fingerprint density at radius 3 is 2.89 bits per heavy atom. The minimum atomic E-state index is 0.759. The fourth-order valence-electron chi connectivity index (χ4n) is 1.76. The molecule has 0 amide bonds. The van der Waals surface area contributed by atoms with E-state index < -0.39 is 0 Å². The minimum Gasteiger partial charge on any atom is -0.302 e. The van der Waals surface area contributed by atoms with E-state index in [0.717, 1.165) is 23.3 Å². The SMILES string of the molecule is C=CCn1c(C)nnc1SCc1cccc(C)c1. The van der Waals surface area contributed by atoms with Crippen molar-refractivity contribution in [3.63, 3.8) is 0 Å². The minimum absolute atomic E-state index is 0.759. The van der Waals surface area contributed by atoms with Crippen molar-refractivity contribution in [3.8, 4) is 0 Å². The molecule has 0 aliphatic rings. The molecule has 0 atom stereocenters. The van der Waals surface area contributed by atoms with Crippen LogP contribution in [-0.2, 0) is 12.3 Å². The maximum atomic E-state index is 4.20. The van der Waals surface area contributed by atoms with Gasteiger partial charge in [0.05, 0.1) is 0 Å². The van der Waals surface area contributed by atoms with E-state index in [4.69, 9.17) is 0 Å². The Kier molecular flexibility index (Phi) is 4.20. The molecule has 94 valence electrons. The molecular weight excluding hydrogens is 242 g/mol. The Balaban J connectivity index is 2.08. The van der Waals surface area contributed by atoms with Crippen LogP contribution in [0.5, 0.6) is 0 Å². The molecule has 1 aromatic carbocycles. The van der Waals surface area contributed by atoms with Crippen molar-refractivity contribution in [1.82, 2.24) is 14.8 Å². The van der Waals surface area contributed by atoms with Crippen molar-refractivity contribution in [3.05, 3.63) is 53.9 Å². The summed E-state index contributed by atoms with van der Waals surface area (Å²) in [6, 6.07) is 8.54. The summed E-state index contributed by atoms with van der Waals surface area (Å²) in [6.07, 6.45) is 1.87. The van der Waals surface area contributed by atoms with Gasteiger partial charge < -0.3 is 4.57 Å². The Morgan fingerprint density at radius 1 is 1.33 bits per heavy atom. The fourth-order valence-corrected chi connectivity index (χ4v) is 2.69. The van der Waals surface area contributed by atoms with Crippen LogP contribution in [-0.4, -0.2) is 14.8 Å². The van der Waals surface area contributed by atoms with Crippen LogP contribution >= 0.6 is 11.8 Å². The van der Waals surface area contributed by atoms with Crippen LogP contribution in [0, 0.1) is 13.8 Å².